The van der Waals surface area contributed by atoms with Gasteiger partial charge < -0.3 is 9.13 Å². The number of hydrogen-bond donors (Lipinski definition) is 0. The Morgan fingerprint density at radius 3 is 0.827 bits per heavy atom. The van der Waals surface area contributed by atoms with E-state index in [0.717, 1.165) is 133 Å². The van der Waals surface area contributed by atoms with Crippen molar-refractivity contribution < 1.29 is 0 Å². The van der Waals surface area contributed by atoms with Crippen LogP contribution in [0.25, 0.3) is 167 Å². The highest BCUT2D eigenvalue weighted by atomic mass is 15.0. The van der Waals surface area contributed by atoms with Gasteiger partial charge in [0.2, 0.25) is 0 Å². The molecule has 0 saturated carbocycles. The Kier molecular flexibility index (Phi) is 14.5. The second kappa shape index (κ2) is 24.6. The highest BCUT2D eigenvalue weighted by molar-refractivity contribution is 6.14. The molecular formula is C90H54N8. The predicted octanol–water partition coefficient (Wildman–Crippen LogP) is 22.4. The van der Waals surface area contributed by atoms with Crippen molar-refractivity contribution in [2.75, 3.05) is 0 Å². The monoisotopic (exact) mass is 1250 g/mol. The molecule has 8 heteroatoms. The van der Waals surface area contributed by atoms with E-state index in [4.69, 9.17) is 15.0 Å². The highest BCUT2D eigenvalue weighted by Crippen LogP contribution is 2.45. The molecule has 0 saturated heterocycles. The Bertz CT molecular complexity index is 5630. The van der Waals surface area contributed by atoms with Gasteiger partial charge in [0.25, 0.3) is 0 Å². The van der Waals surface area contributed by atoms with E-state index in [9.17, 15) is 15.8 Å². The van der Waals surface area contributed by atoms with E-state index in [1.165, 1.54) is 0 Å². The van der Waals surface area contributed by atoms with Crippen LogP contribution in [-0.2, 0) is 0 Å². The molecule has 8 nitrogen and oxygen atoms in total. The van der Waals surface area contributed by atoms with Crippen LogP contribution in [-0.4, -0.2) is 24.1 Å². The van der Waals surface area contributed by atoms with Crippen LogP contribution in [0.4, 0.5) is 0 Å². The molecule has 0 aliphatic heterocycles. The smallest absolute Gasteiger partial charge is 0.164 e. The fourth-order valence-corrected chi connectivity index (χ4v) is 14.0. The van der Waals surface area contributed by atoms with Gasteiger partial charge in [-0.2, -0.15) is 15.8 Å². The predicted molar refractivity (Wildman–Crippen MR) is 397 cm³/mol. The standard InChI is InChI=1S/C90H54N8/c91-55-70-28-13-16-33-73(70)66-31-19-32-67(48-66)88-94-89(68-40-46-82(76(53-68)74-34-17-14-29-71(74)56-92)97-84-42-36-62(58-20-5-1-6-21-58)49-78(84)79-50-63(37-43-85(79)97)59-22-7-2-8-23-59)96-90(95-88)69-41-47-83(77(54-69)75-35-18-15-30-72(75)57-93)98-86-44-38-64(60-24-9-3-10-25-60)51-80(86)81-52-65(39-45-87(81)98)61-26-11-4-12-27-61/h1-54H. The molecule has 0 aliphatic carbocycles. The molecule has 14 aromatic carbocycles. The van der Waals surface area contributed by atoms with Crippen molar-refractivity contribution in [3.63, 3.8) is 0 Å². The minimum absolute atomic E-state index is 0.395. The summed E-state index contributed by atoms with van der Waals surface area (Å²) in [5.74, 6) is 1.20. The lowest BCUT2D eigenvalue weighted by atomic mass is 9.95. The normalized spacial score (nSPS) is 11.2. The number of rotatable bonds is 12. The highest BCUT2D eigenvalue weighted by Gasteiger charge is 2.25. The van der Waals surface area contributed by atoms with Crippen molar-refractivity contribution in [2.24, 2.45) is 0 Å². The largest absolute Gasteiger partial charge is 0.309 e. The van der Waals surface area contributed by atoms with Gasteiger partial charge in [-0.05, 0) is 165 Å². The second-order valence-corrected chi connectivity index (χ2v) is 24.4. The first-order valence-electron chi connectivity index (χ1n) is 32.5. The summed E-state index contributed by atoms with van der Waals surface area (Å²) in [7, 11) is 0. The van der Waals surface area contributed by atoms with Crippen molar-refractivity contribution in [1.29, 1.82) is 15.8 Å². The number of benzene rings is 14. The summed E-state index contributed by atoms with van der Waals surface area (Å²) in [6, 6.07) is 120. The van der Waals surface area contributed by atoms with Crippen molar-refractivity contribution in [1.82, 2.24) is 24.1 Å². The Morgan fingerprint density at radius 2 is 0.480 bits per heavy atom. The average molecular weight is 1250 g/mol. The molecule has 98 heavy (non-hydrogen) atoms. The topological polar surface area (TPSA) is 120 Å². The maximum atomic E-state index is 11.0. The molecule has 454 valence electrons. The third kappa shape index (κ3) is 10.3. The van der Waals surface area contributed by atoms with Crippen LogP contribution in [0, 0.1) is 34.0 Å². The summed E-state index contributed by atoms with van der Waals surface area (Å²) in [5, 5.41) is 36.6. The van der Waals surface area contributed by atoms with Gasteiger partial charge in [0.15, 0.2) is 17.5 Å². The van der Waals surface area contributed by atoms with Gasteiger partial charge in [0, 0.05) is 60.5 Å². The Labute approximate surface area is 566 Å². The van der Waals surface area contributed by atoms with Gasteiger partial charge in [0.1, 0.15) is 0 Å². The molecule has 0 radical (unpaired) electrons. The molecule has 0 spiro atoms. The molecule has 0 unspecified atom stereocenters. The summed E-state index contributed by atoms with van der Waals surface area (Å²) >= 11 is 0. The molecule has 3 aromatic heterocycles. The Balaban J connectivity index is 0.897. The quantitative estimate of drug-likeness (QED) is 0.120. The van der Waals surface area contributed by atoms with E-state index in [1.54, 1.807) is 0 Å². The first-order chi connectivity index (χ1) is 48.4. The van der Waals surface area contributed by atoms with Gasteiger partial charge in [-0.25, -0.2) is 15.0 Å². The van der Waals surface area contributed by atoms with Crippen molar-refractivity contribution >= 4 is 43.6 Å². The minimum Gasteiger partial charge on any atom is -0.309 e. The van der Waals surface area contributed by atoms with Crippen LogP contribution >= 0.6 is 0 Å². The molecule has 0 amide bonds. The van der Waals surface area contributed by atoms with E-state index < -0.39 is 0 Å². The van der Waals surface area contributed by atoms with E-state index in [2.05, 4.69) is 234 Å². The van der Waals surface area contributed by atoms with Crippen molar-refractivity contribution in [3.8, 4) is 142 Å². The lowest BCUT2D eigenvalue weighted by Gasteiger charge is -2.18. The molecule has 0 N–H and O–H groups in total. The Hall–Kier alpha value is -13.8. The average Bonchev–Trinajstić information content (AvgIpc) is 1.56. The third-order valence-electron chi connectivity index (χ3n) is 18.7. The second-order valence-electron chi connectivity index (χ2n) is 24.4. The van der Waals surface area contributed by atoms with E-state index in [0.29, 0.717) is 50.9 Å². The number of aromatic nitrogens is 5. The van der Waals surface area contributed by atoms with Crippen molar-refractivity contribution in [3.05, 3.63) is 344 Å². The zero-order valence-electron chi connectivity index (χ0n) is 52.8. The van der Waals surface area contributed by atoms with Crippen LogP contribution in [0.5, 0.6) is 0 Å². The molecule has 3 heterocycles. The van der Waals surface area contributed by atoms with E-state index in [-0.39, 0.29) is 0 Å². The van der Waals surface area contributed by atoms with Crippen LogP contribution in [0.15, 0.2) is 328 Å². The maximum absolute atomic E-state index is 11.0. The molecule has 17 aromatic rings. The molecule has 0 atom stereocenters. The van der Waals surface area contributed by atoms with Gasteiger partial charge in [-0.1, -0.05) is 218 Å². The SMILES string of the molecule is N#Cc1ccccc1-c1cccc(-c2nc(-c3ccc(-n4c5ccc(-c6ccccc6)cc5c5cc(-c6ccccc6)ccc54)c(-c4ccccc4C#N)c3)nc(-c3ccc(-n4c5ccc(-c6ccccc6)cc5c5cc(-c6ccccc6)ccc54)c(-c4ccccc4C#N)c3)n2)c1. The fourth-order valence-electron chi connectivity index (χ4n) is 14.0. The lowest BCUT2D eigenvalue weighted by molar-refractivity contribution is 1.07. The molecular weight excluding hydrogens is 1190 g/mol. The lowest BCUT2D eigenvalue weighted by Crippen LogP contribution is -2.03. The Morgan fingerprint density at radius 1 is 0.204 bits per heavy atom. The number of nitriles is 3. The summed E-state index contributed by atoms with van der Waals surface area (Å²) < 4.78 is 4.64. The minimum atomic E-state index is 0.395. The molecule has 17 rings (SSSR count). The zero-order valence-corrected chi connectivity index (χ0v) is 52.8. The zero-order chi connectivity index (χ0) is 65.6. The third-order valence-corrected chi connectivity index (χ3v) is 18.7. The summed E-state index contributed by atoms with van der Waals surface area (Å²) in [6.07, 6.45) is 0. The van der Waals surface area contributed by atoms with Crippen LogP contribution in [0.2, 0.25) is 0 Å². The summed E-state index contributed by atoms with van der Waals surface area (Å²) in [6.45, 7) is 0. The fraction of sp³-hybridized carbons (Fsp3) is 0. The van der Waals surface area contributed by atoms with Gasteiger partial charge in [0.05, 0.1) is 68.3 Å². The molecule has 0 aliphatic rings. The van der Waals surface area contributed by atoms with Crippen LogP contribution in [0.3, 0.4) is 0 Å². The van der Waals surface area contributed by atoms with Gasteiger partial charge in [-0.15, -0.1) is 0 Å². The van der Waals surface area contributed by atoms with Crippen LogP contribution in [0.1, 0.15) is 16.7 Å². The summed E-state index contributed by atoms with van der Waals surface area (Å²) in [5.41, 5.74) is 23.0. The first kappa shape index (κ1) is 58.0. The van der Waals surface area contributed by atoms with Crippen molar-refractivity contribution in [2.45, 2.75) is 0 Å². The van der Waals surface area contributed by atoms with E-state index >= 15 is 0 Å². The summed E-state index contributed by atoms with van der Waals surface area (Å²) in [4.78, 5) is 16.3. The number of nitrogens with zero attached hydrogens (tertiary/aromatic N) is 8. The maximum Gasteiger partial charge on any atom is 0.164 e. The number of fused-ring (bicyclic) bond motifs is 6. The van der Waals surface area contributed by atoms with Gasteiger partial charge >= 0.3 is 0 Å². The first-order valence-corrected chi connectivity index (χ1v) is 32.5. The van der Waals surface area contributed by atoms with Crippen LogP contribution < -0.4 is 0 Å². The van der Waals surface area contributed by atoms with E-state index in [1.807, 2.05) is 121 Å². The molecule has 0 bridgehead atoms. The van der Waals surface area contributed by atoms with Gasteiger partial charge in [-0.3, -0.25) is 0 Å². The molecule has 0 fully saturated rings. The number of hydrogen-bond acceptors (Lipinski definition) is 6.